The van der Waals surface area contributed by atoms with Crippen LogP contribution in [-0.4, -0.2) is 16.5 Å². The molecule has 2 heterocycles. The van der Waals surface area contributed by atoms with E-state index in [1.165, 1.54) is 24.1 Å². The molecule has 1 aliphatic carbocycles. The molecule has 0 amide bonds. The van der Waals surface area contributed by atoms with Crippen LogP contribution in [0.3, 0.4) is 0 Å². The average Bonchev–Trinajstić information content (AvgIpc) is 3.08. The molecule has 4 nitrogen and oxygen atoms in total. The number of nitrogens with one attached hydrogen (secondary N) is 1. The van der Waals surface area contributed by atoms with Gasteiger partial charge >= 0.3 is 0 Å². The van der Waals surface area contributed by atoms with Gasteiger partial charge in [0.15, 0.2) is 0 Å². The first-order valence-corrected chi connectivity index (χ1v) is 7.77. The van der Waals surface area contributed by atoms with Crippen LogP contribution in [0.1, 0.15) is 38.0 Å². The van der Waals surface area contributed by atoms with Crippen molar-refractivity contribution < 1.29 is 0 Å². The summed E-state index contributed by atoms with van der Waals surface area (Å²) >= 11 is 1.71. The van der Waals surface area contributed by atoms with Crippen molar-refractivity contribution >= 4 is 33.3 Å². The number of rotatable bonds is 5. The number of hydrogen-bond donors (Lipinski definition) is 2. The molecule has 102 valence electrons. The lowest BCUT2D eigenvalue weighted by atomic mass is 10.0. The Bertz CT molecular complexity index is 601. The normalized spacial score (nSPS) is 16.7. The maximum absolute atomic E-state index is 5.81. The van der Waals surface area contributed by atoms with Gasteiger partial charge in [0, 0.05) is 11.4 Å². The Morgan fingerprint density at radius 2 is 2.16 bits per heavy atom. The predicted molar refractivity (Wildman–Crippen MR) is 81.7 cm³/mol. The fourth-order valence-electron chi connectivity index (χ4n) is 2.40. The predicted octanol–water partition coefficient (Wildman–Crippen LogP) is 3.44. The zero-order chi connectivity index (χ0) is 13.5. The Morgan fingerprint density at radius 3 is 2.79 bits per heavy atom. The van der Waals surface area contributed by atoms with Gasteiger partial charge in [0.05, 0.1) is 5.39 Å². The number of fused-ring (bicyclic) bond motifs is 1. The van der Waals surface area contributed by atoms with E-state index in [0.29, 0.717) is 11.4 Å². The minimum absolute atomic E-state index is 0.362. The third-order valence-electron chi connectivity index (χ3n) is 4.15. The molecule has 3 N–H and O–H groups in total. The molecule has 0 aromatic carbocycles. The molecule has 0 bridgehead atoms. The van der Waals surface area contributed by atoms with Crippen LogP contribution in [-0.2, 0) is 6.42 Å². The van der Waals surface area contributed by atoms with Gasteiger partial charge in [-0.2, -0.15) is 4.98 Å². The van der Waals surface area contributed by atoms with E-state index in [2.05, 4.69) is 35.2 Å². The zero-order valence-electron chi connectivity index (χ0n) is 11.5. The van der Waals surface area contributed by atoms with Crippen LogP contribution in [0.2, 0.25) is 0 Å². The van der Waals surface area contributed by atoms with Crippen molar-refractivity contribution in [2.45, 2.75) is 39.5 Å². The number of nitrogens with zero attached hydrogens (tertiary/aromatic N) is 2. The van der Waals surface area contributed by atoms with Crippen LogP contribution in [0.25, 0.3) is 10.2 Å². The topological polar surface area (TPSA) is 63.8 Å². The summed E-state index contributed by atoms with van der Waals surface area (Å²) in [7, 11) is 0. The van der Waals surface area contributed by atoms with E-state index < -0.39 is 0 Å². The molecule has 1 fully saturated rings. The SMILES string of the molecule is CCc1cc2c(NCC3(CC)CC3)nc(N)nc2s1. The third kappa shape index (κ3) is 2.39. The van der Waals surface area contributed by atoms with Gasteiger partial charge in [-0.05, 0) is 37.2 Å². The van der Waals surface area contributed by atoms with Crippen molar-refractivity contribution in [1.29, 1.82) is 0 Å². The number of aryl methyl sites for hydroxylation is 1. The lowest BCUT2D eigenvalue weighted by Crippen LogP contribution is -2.15. The Balaban J connectivity index is 1.90. The summed E-state index contributed by atoms with van der Waals surface area (Å²) in [5.74, 6) is 1.26. The molecule has 1 aliphatic rings. The second kappa shape index (κ2) is 4.63. The van der Waals surface area contributed by atoms with Crippen LogP contribution in [0.15, 0.2) is 6.07 Å². The molecule has 0 radical (unpaired) electrons. The maximum Gasteiger partial charge on any atom is 0.223 e. The number of anilines is 2. The lowest BCUT2D eigenvalue weighted by molar-refractivity contribution is 0.521. The molecule has 0 unspecified atom stereocenters. The summed E-state index contributed by atoms with van der Waals surface area (Å²) in [6.07, 6.45) is 4.90. The first-order chi connectivity index (χ1) is 9.15. The van der Waals surface area contributed by atoms with Gasteiger partial charge in [0.25, 0.3) is 0 Å². The highest BCUT2D eigenvalue weighted by molar-refractivity contribution is 7.18. The van der Waals surface area contributed by atoms with Gasteiger partial charge in [0.2, 0.25) is 5.95 Å². The van der Waals surface area contributed by atoms with Gasteiger partial charge in [-0.1, -0.05) is 13.8 Å². The van der Waals surface area contributed by atoms with E-state index in [1.54, 1.807) is 11.3 Å². The van der Waals surface area contributed by atoms with Crippen LogP contribution >= 0.6 is 11.3 Å². The fourth-order valence-corrected chi connectivity index (χ4v) is 3.37. The Labute approximate surface area is 117 Å². The van der Waals surface area contributed by atoms with Gasteiger partial charge in [0.1, 0.15) is 10.6 Å². The quantitative estimate of drug-likeness (QED) is 0.878. The molecule has 0 saturated heterocycles. The van der Waals surface area contributed by atoms with Crippen LogP contribution in [0.5, 0.6) is 0 Å². The molecular weight excluding hydrogens is 256 g/mol. The standard InChI is InChI=1S/C14H20N4S/c1-3-9-7-10-11(16-8-14(4-2)5-6-14)17-13(15)18-12(10)19-9/h7H,3-6,8H2,1-2H3,(H3,15,16,17,18). The van der Waals surface area contributed by atoms with E-state index in [-0.39, 0.29) is 0 Å². The van der Waals surface area contributed by atoms with E-state index >= 15 is 0 Å². The van der Waals surface area contributed by atoms with Gasteiger partial charge in [-0.3, -0.25) is 0 Å². The Morgan fingerprint density at radius 1 is 1.37 bits per heavy atom. The molecule has 2 aromatic heterocycles. The van der Waals surface area contributed by atoms with Crippen LogP contribution < -0.4 is 11.1 Å². The summed E-state index contributed by atoms with van der Waals surface area (Å²) < 4.78 is 0. The van der Waals surface area contributed by atoms with E-state index in [0.717, 1.165) is 29.0 Å². The van der Waals surface area contributed by atoms with Crippen LogP contribution in [0, 0.1) is 5.41 Å². The highest BCUT2D eigenvalue weighted by Crippen LogP contribution is 2.48. The highest BCUT2D eigenvalue weighted by atomic mass is 32.1. The zero-order valence-corrected chi connectivity index (χ0v) is 12.3. The molecule has 1 saturated carbocycles. The fraction of sp³-hybridized carbons (Fsp3) is 0.571. The minimum Gasteiger partial charge on any atom is -0.369 e. The molecule has 0 atom stereocenters. The van der Waals surface area contributed by atoms with Gasteiger partial charge < -0.3 is 11.1 Å². The van der Waals surface area contributed by atoms with Gasteiger partial charge in [-0.15, -0.1) is 11.3 Å². The number of nitrogens with two attached hydrogens (primary N) is 1. The molecule has 0 spiro atoms. The van der Waals surface area contributed by atoms with Gasteiger partial charge in [-0.25, -0.2) is 4.98 Å². The second-order valence-corrected chi connectivity index (χ2v) is 6.54. The lowest BCUT2D eigenvalue weighted by Gasteiger charge is -2.14. The van der Waals surface area contributed by atoms with Crippen LogP contribution in [0.4, 0.5) is 11.8 Å². The number of nitrogen functional groups attached to an aromatic ring is 1. The Hall–Kier alpha value is -1.36. The van der Waals surface area contributed by atoms with Crippen molar-refractivity contribution in [2.75, 3.05) is 17.6 Å². The number of aromatic nitrogens is 2. The molecule has 0 aliphatic heterocycles. The van der Waals surface area contributed by atoms with Crippen molar-refractivity contribution in [2.24, 2.45) is 5.41 Å². The first kappa shape index (κ1) is 12.7. The molecule has 3 rings (SSSR count). The second-order valence-electron chi connectivity index (χ2n) is 5.42. The monoisotopic (exact) mass is 276 g/mol. The largest absolute Gasteiger partial charge is 0.369 e. The minimum atomic E-state index is 0.362. The molecule has 5 heteroatoms. The highest BCUT2D eigenvalue weighted by Gasteiger charge is 2.40. The summed E-state index contributed by atoms with van der Waals surface area (Å²) in [5.41, 5.74) is 6.30. The average molecular weight is 276 g/mol. The summed E-state index contributed by atoms with van der Waals surface area (Å²) in [6, 6.07) is 2.19. The van der Waals surface area contributed by atoms with Crippen molar-refractivity contribution in [3.8, 4) is 0 Å². The number of thiophene rings is 1. The maximum atomic E-state index is 5.81. The first-order valence-electron chi connectivity index (χ1n) is 6.95. The number of hydrogen-bond acceptors (Lipinski definition) is 5. The van der Waals surface area contributed by atoms with Crippen molar-refractivity contribution in [3.63, 3.8) is 0 Å². The smallest absolute Gasteiger partial charge is 0.223 e. The molecule has 19 heavy (non-hydrogen) atoms. The molecular formula is C14H20N4S. The third-order valence-corrected chi connectivity index (χ3v) is 5.32. The summed E-state index contributed by atoms with van der Waals surface area (Å²) in [6.45, 7) is 5.41. The molecule has 2 aromatic rings. The van der Waals surface area contributed by atoms with E-state index in [1.807, 2.05) is 0 Å². The van der Waals surface area contributed by atoms with E-state index in [9.17, 15) is 0 Å². The summed E-state index contributed by atoms with van der Waals surface area (Å²) in [4.78, 5) is 11.0. The van der Waals surface area contributed by atoms with Crippen molar-refractivity contribution in [1.82, 2.24) is 9.97 Å². The van der Waals surface area contributed by atoms with E-state index in [4.69, 9.17) is 5.73 Å². The Kier molecular flexibility index (Phi) is 3.09. The van der Waals surface area contributed by atoms with Crippen molar-refractivity contribution in [3.05, 3.63) is 10.9 Å². The summed E-state index contributed by atoms with van der Waals surface area (Å²) in [5, 5.41) is 4.61.